The summed E-state index contributed by atoms with van der Waals surface area (Å²) in [4.78, 5) is 14.2. The summed E-state index contributed by atoms with van der Waals surface area (Å²) in [6.45, 7) is 2.02. The average molecular weight is 351 g/mol. The number of amides is 1. The van der Waals surface area contributed by atoms with Crippen LogP contribution >= 0.6 is 0 Å². The molecule has 0 spiro atoms. The zero-order valence-corrected chi connectivity index (χ0v) is 14.6. The minimum atomic E-state index is -0.268. The van der Waals surface area contributed by atoms with Crippen molar-refractivity contribution in [2.75, 3.05) is 13.1 Å². The van der Waals surface area contributed by atoms with Crippen LogP contribution < -0.4 is 5.73 Å². The second-order valence-electron chi connectivity index (χ2n) is 6.73. The summed E-state index contributed by atoms with van der Waals surface area (Å²) in [5.74, 6) is -0.432. The fraction of sp³-hybridized carbons (Fsp3) is 0.333. The van der Waals surface area contributed by atoms with Gasteiger partial charge in [-0.3, -0.25) is 14.4 Å². The Labute approximate surface area is 151 Å². The van der Waals surface area contributed by atoms with E-state index in [0.29, 0.717) is 13.1 Å². The third kappa shape index (κ3) is 3.11. The Kier molecular flexibility index (Phi) is 4.26. The number of nitrogens with two attached hydrogens (primary N) is 1. The van der Waals surface area contributed by atoms with Crippen molar-refractivity contribution in [2.45, 2.75) is 12.5 Å². The number of carbonyl (C=O) groups excluding carboxylic acids is 1. The molecule has 3 aromatic rings. The number of carbonyl (C=O) groups is 1. The molecule has 8 heteroatoms. The lowest BCUT2D eigenvalue weighted by Gasteiger charge is -2.16. The fourth-order valence-corrected chi connectivity index (χ4v) is 3.65. The molecule has 4 rings (SSSR count). The lowest BCUT2D eigenvalue weighted by molar-refractivity contribution is -0.121. The van der Waals surface area contributed by atoms with Crippen molar-refractivity contribution in [1.29, 1.82) is 0 Å². The monoisotopic (exact) mass is 351 g/mol. The number of rotatable bonds is 5. The predicted octanol–water partition coefficient (Wildman–Crippen LogP) is 0.702. The molecule has 134 valence electrons. The predicted molar refractivity (Wildman–Crippen MR) is 95.3 cm³/mol. The molecule has 0 saturated carbocycles. The lowest BCUT2D eigenvalue weighted by Crippen LogP contribution is -2.29. The van der Waals surface area contributed by atoms with Gasteiger partial charge >= 0.3 is 0 Å². The van der Waals surface area contributed by atoms with Crippen molar-refractivity contribution < 1.29 is 4.79 Å². The molecule has 0 bridgehead atoms. The molecule has 26 heavy (non-hydrogen) atoms. The molecule has 8 nitrogen and oxygen atoms in total. The van der Waals surface area contributed by atoms with Crippen LogP contribution in [0.25, 0.3) is 5.69 Å². The number of aryl methyl sites for hydroxylation is 1. The van der Waals surface area contributed by atoms with E-state index >= 15 is 0 Å². The quantitative estimate of drug-likeness (QED) is 0.730. The third-order valence-electron chi connectivity index (χ3n) is 4.92. The molecule has 1 amide bonds. The summed E-state index contributed by atoms with van der Waals surface area (Å²) < 4.78 is 3.58. The number of hydrogen-bond acceptors (Lipinski definition) is 5. The van der Waals surface area contributed by atoms with Crippen LogP contribution in [0.15, 0.2) is 48.9 Å². The molecule has 2 N–H and O–H groups in total. The van der Waals surface area contributed by atoms with E-state index < -0.39 is 0 Å². The SMILES string of the molecule is Cn1cc([C@H]2CN(Cc3cnnn3-c3ccccc3)C[C@@H]2C(N)=O)cn1. The first-order valence-corrected chi connectivity index (χ1v) is 8.57. The first kappa shape index (κ1) is 16.5. The van der Waals surface area contributed by atoms with Crippen molar-refractivity contribution in [3.63, 3.8) is 0 Å². The molecule has 1 aliphatic heterocycles. The van der Waals surface area contributed by atoms with Crippen molar-refractivity contribution in [3.05, 3.63) is 60.2 Å². The summed E-state index contributed by atoms with van der Waals surface area (Å²) in [6, 6.07) is 9.90. The number of para-hydroxylation sites is 1. The van der Waals surface area contributed by atoms with Gasteiger partial charge in [-0.1, -0.05) is 23.4 Å². The Morgan fingerprint density at radius 2 is 2.04 bits per heavy atom. The van der Waals surface area contributed by atoms with Gasteiger partial charge in [-0.15, -0.1) is 5.10 Å². The van der Waals surface area contributed by atoms with Crippen molar-refractivity contribution >= 4 is 5.91 Å². The molecule has 1 aromatic carbocycles. The van der Waals surface area contributed by atoms with Crippen LogP contribution in [-0.4, -0.2) is 48.7 Å². The van der Waals surface area contributed by atoms with Crippen LogP contribution in [0.4, 0.5) is 0 Å². The molecule has 1 fully saturated rings. The number of likely N-dealkylation sites (tertiary alicyclic amines) is 1. The minimum Gasteiger partial charge on any atom is -0.369 e. The van der Waals surface area contributed by atoms with Gasteiger partial charge < -0.3 is 5.73 Å². The van der Waals surface area contributed by atoms with Crippen molar-refractivity contribution in [1.82, 2.24) is 29.7 Å². The van der Waals surface area contributed by atoms with E-state index in [4.69, 9.17) is 5.73 Å². The zero-order chi connectivity index (χ0) is 18.1. The molecule has 2 atom stereocenters. The van der Waals surface area contributed by atoms with Gasteiger partial charge in [0, 0.05) is 38.8 Å². The van der Waals surface area contributed by atoms with Crippen LogP contribution in [0.2, 0.25) is 0 Å². The number of aromatic nitrogens is 5. The van der Waals surface area contributed by atoms with Gasteiger partial charge in [0.1, 0.15) is 0 Å². The van der Waals surface area contributed by atoms with Crippen LogP contribution in [0.5, 0.6) is 0 Å². The Balaban J connectivity index is 1.55. The Hall–Kier alpha value is -3.00. The van der Waals surface area contributed by atoms with Crippen LogP contribution in [-0.2, 0) is 18.4 Å². The summed E-state index contributed by atoms with van der Waals surface area (Å²) >= 11 is 0. The molecule has 1 aliphatic rings. The highest BCUT2D eigenvalue weighted by molar-refractivity contribution is 5.78. The zero-order valence-electron chi connectivity index (χ0n) is 14.6. The molecule has 2 aromatic heterocycles. The highest BCUT2D eigenvalue weighted by Gasteiger charge is 2.38. The first-order valence-electron chi connectivity index (χ1n) is 8.57. The van der Waals surface area contributed by atoms with Crippen LogP contribution in [0, 0.1) is 5.92 Å². The van der Waals surface area contributed by atoms with Crippen LogP contribution in [0.3, 0.4) is 0 Å². The number of nitrogens with zero attached hydrogens (tertiary/aromatic N) is 6. The third-order valence-corrected chi connectivity index (χ3v) is 4.92. The number of benzene rings is 1. The number of hydrogen-bond donors (Lipinski definition) is 1. The van der Waals surface area contributed by atoms with Crippen molar-refractivity contribution in [3.8, 4) is 5.69 Å². The topological polar surface area (TPSA) is 94.9 Å². The maximum Gasteiger partial charge on any atom is 0.222 e. The van der Waals surface area contributed by atoms with E-state index in [1.807, 2.05) is 54.5 Å². The second-order valence-corrected chi connectivity index (χ2v) is 6.73. The van der Waals surface area contributed by atoms with Gasteiger partial charge in [0.25, 0.3) is 0 Å². The van der Waals surface area contributed by atoms with E-state index in [2.05, 4.69) is 20.3 Å². The van der Waals surface area contributed by atoms with Gasteiger partial charge in [-0.2, -0.15) is 5.10 Å². The largest absolute Gasteiger partial charge is 0.369 e. The summed E-state index contributed by atoms with van der Waals surface area (Å²) in [5, 5.41) is 12.5. The van der Waals surface area contributed by atoms with E-state index in [0.717, 1.165) is 23.5 Å². The summed E-state index contributed by atoms with van der Waals surface area (Å²) in [5.41, 5.74) is 8.66. The maximum absolute atomic E-state index is 12.0. The smallest absolute Gasteiger partial charge is 0.222 e. The first-order chi connectivity index (χ1) is 12.6. The van der Waals surface area contributed by atoms with E-state index in [1.165, 1.54) is 0 Å². The lowest BCUT2D eigenvalue weighted by atomic mass is 9.90. The van der Waals surface area contributed by atoms with Crippen LogP contribution in [0.1, 0.15) is 17.2 Å². The Bertz CT molecular complexity index is 901. The van der Waals surface area contributed by atoms with Gasteiger partial charge in [0.2, 0.25) is 5.91 Å². The summed E-state index contributed by atoms with van der Waals surface area (Å²) in [7, 11) is 1.87. The molecule has 0 unspecified atom stereocenters. The maximum atomic E-state index is 12.0. The Morgan fingerprint density at radius 3 is 2.73 bits per heavy atom. The molecule has 1 saturated heterocycles. The van der Waals surface area contributed by atoms with Crippen molar-refractivity contribution in [2.24, 2.45) is 18.7 Å². The van der Waals surface area contributed by atoms with Gasteiger partial charge in [-0.25, -0.2) is 4.68 Å². The normalized spacial score (nSPS) is 20.5. The highest BCUT2D eigenvalue weighted by atomic mass is 16.1. The van der Waals surface area contributed by atoms with Gasteiger partial charge in [0.15, 0.2) is 0 Å². The van der Waals surface area contributed by atoms with E-state index in [-0.39, 0.29) is 17.7 Å². The molecule has 0 radical (unpaired) electrons. The molecular weight excluding hydrogens is 330 g/mol. The Morgan fingerprint density at radius 1 is 1.23 bits per heavy atom. The minimum absolute atomic E-state index is 0.0576. The molecular formula is C18H21N7O. The molecule has 3 heterocycles. The van der Waals surface area contributed by atoms with Gasteiger partial charge in [0.05, 0.1) is 29.7 Å². The molecule has 0 aliphatic carbocycles. The van der Waals surface area contributed by atoms with Gasteiger partial charge in [-0.05, 0) is 17.7 Å². The standard InChI is InChI=1S/C18H21N7O/c1-23-9-13(7-21-23)16-11-24(12-17(16)18(19)26)10-15-8-20-22-25(15)14-5-3-2-4-6-14/h2-9,16-17H,10-12H2,1H3,(H2,19,26)/t16-,17+/m1/s1. The average Bonchev–Trinajstić information content (AvgIpc) is 3.35. The highest BCUT2D eigenvalue weighted by Crippen LogP contribution is 2.33. The van der Waals surface area contributed by atoms with E-state index in [1.54, 1.807) is 10.9 Å². The fourth-order valence-electron chi connectivity index (χ4n) is 3.65. The number of primary amides is 1. The van der Waals surface area contributed by atoms with E-state index in [9.17, 15) is 4.79 Å². The summed E-state index contributed by atoms with van der Waals surface area (Å²) in [6.07, 6.45) is 5.55. The second kappa shape index (κ2) is 6.72.